The number of nitrogens with one attached hydrogen (secondary N) is 2. The first-order valence-electron chi connectivity index (χ1n) is 10.2. The summed E-state index contributed by atoms with van der Waals surface area (Å²) in [5.41, 5.74) is 0. The normalized spacial score (nSPS) is 15.5. The molecule has 0 unspecified atom stereocenters. The first kappa shape index (κ1) is 25.9. The average molecular weight is 484 g/mol. The van der Waals surface area contributed by atoms with Crippen molar-refractivity contribution >= 4 is 29.9 Å². The van der Waals surface area contributed by atoms with E-state index in [0.717, 1.165) is 38.6 Å². The number of guanidine groups is 1. The number of hydrogen-bond donors (Lipinski definition) is 2. The number of rotatable bonds is 14. The van der Waals surface area contributed by atoms with Gasteiger partial charge in [0.25, 0.3) is 0 Å². The molecule has 0 radical (unpaired) electrons. The lowest BCUT2D eigenvalue weighted by molar-refractivity contribution is 0.0702. The van der Waals surface area contributed by atoms with Crippen molar-refractivity contribution in [2.75, 3.05) is 66.2 Å². The van der Waals surface area contributed by atoms with E-state index in [1.165, 1.54) is 58.2 Å². The van der Waals surface area contributed by atoms with E-state index in [1.807, 2.05) is 0 Å². The topological polar surface area (TPSA) is 58.1 Å². The molecule has 1 heterocycles. The van der Waals surface area contributed by atoms with Gasteiger partial charge in [-0.2, -0.15) is 0 Å². The number of ether oxygens (including phenoxy) is 2. The molecular formula is C19H41IN4O2. The van der Waals surface area contributed by atoms with Gasteiger partial charge in [-0.05, 0) is 58.7 Å². The maximum Gasteiger partial charge on any atom is 0.191 e. The molecule has 0 aromatic carbocycles. The van der Waals surface area contributed by atoms with E-state index >= 15 is 0 Å². The summed E-state index contributed by atoms with van der Waals surface area (Å²) in [5, 5.41) is 6.74. The summed E-state index contributed by atoms with van der Waals surface area (Å²) in [6.07, 6.45) is 8.95. The zero-order chi connectivity index (χ0) is 18.0. The molecule has 1 rings (SSSR count). The highest BCUT2D eigenvalue weighted by atomic mass is 127. The Hall–Kier alpha value is -0.120. The van der Waals surface area contributed by atoms with Crippen LogP contribution in [0.15, 0.2) is 4.99 Å². The molecule has 0 bridgehead atoms. The predicted molar refractivity (Wildman–Crippen MR) is 121 cm³/mol. The fraction of sp³-hybridized carbons (Fsp3) is 0.947. The highest BCUT2D eigenvalue weighted by Gasteiger charge is 2.08. The molecule has 1 saturated heterocycles. The van der Waals surface area contributed by atoms with Crippen LogP contribution in [-0.4, -0.2) is 77.1 Å². The Balaban J connectivity index is 0.00000625. The molecule has 26 heavy (non-hydrogen) atoms. The Morgan fingerprint density at radius 2 is 1.77 bits per heavy atom. The van der Waals surface area contributed by atoms with Gasteiger partial charge in [0.1, 0.15) is 0 Å². The van der Waals surface area contributed by atoms with Crippen LogP contribution in [0.3, 0.4) is 0 Å². The third kappa shape index (κ3) is 15.0. The summed E-state index contributed by atoms with van der Waals surface area (Å²) in [7, 11) is 1.69. The fourth-order valence-electron chi connectivity index (χ4n) is 2.97. The molecule has 1 aliphatic heterocycles. The van der Waals surface area contributed by atoms with Gasteiger partial charge in [-0.15, -0.1) is 24.0 Å². The van der Waals surface area contributed by atoms with Gasteiger partial charge in [-0.1, -0.05) is 12.8 Å². The summed E-state index contributed by atoms with van der Waals surface area (Å²) in [6.45, 7) is 10.7. The van der Waals surface area contributed by atoms with Crippen LogP contribution in [0.25, 0.3) is 0 Å². The molecule has 2 N–H and O–H groups in total. The van der Waals surface area contributed by atoms with Crippen molar-refractivity contribution in [3.8, 4) is 0 Å². The lowest BCUT2D eigenvalue weighted by Crippen LogP contribution is -2.38. The van der Waals surface area contributed by atoms with Crippen molar-refractivity contribution in [2.45, 2.75) is 51.9 Å². The van der Waals surface area contributed by atoms with Crippen LogP contribution in [0, 0.1) is 0 Å². The van der Waals surface area contributed by atoms with E-state index in [1.54, 1.807) is 7.11 Å². The minimum Gasteiger partial charge on any atom is -0.382 e. The minimum absolute atomic E-state index is 0. The molecule has 0 aliphatic carbocycles. The van der Waals surface area contributed by atoms with E-state index in [2.05, 4.69) is 27.4 Å². The number of piperidine rings is 1. The van der Waals surface area contributed by atoms with Crippen molar-refractivity contribution in [3.05, 3.63) is 0 Å². The van der Waals surface area contributed by atoms with Crippen molar-refractivity contribution in [1.82, 2.24) is 15.5 Å². The van der Waals surface area contributed by atoms with Crippen LogP contribution >= 0.6 is 24.0 Å². The number of nitrogens with zero attached hydrogens (tertiary/aromatic N) is 2. The second-order valence-electron chi connectivity index (χ2n) is 6.61. The van der Waals surface area contributed by atoms with Gasteiger partial charge in [0.05, 0.1) is 13.2 Å². The second kappa shape index (κ2) is 19.6. The lowest BCUT2D eigenvalue weighted by atomic mass is 10.1. The quantitative estimate of drug-likeness (QED) is 0.172. The van der Waals surface area contributed by atoms with Gasteiger partial charge in [0, 0.05) is 33.4 Å². The molecule has 1 aliphatic rings. The monoisotopic (exact) mass is 484 g/mol. The molecule has 156 valence electrons. The Morgan fingerprint density at radius 3 is 2.50 bits per heavy atom. The number of unbranched alkanes of at least 4 members (excludes halogenated alkanes) is 2. The number of halogens is 1. The zero-order valence-corrected chi connectivity index (χ0v) is 19.3. The van der Waals surface area contributed by atoms with Gasteiger partial charge >= 0.3 is 0 Å². The third-order valence-electron chi connectivity index (χ3n) is 4.38. The standard InChI is InChI=1S/C19H40N4O2.HI/c1-3-20-19(22-12-10-16-25-18-17-24-2)21-11-6-4-7-13-23-14-8-5-9-15-23;/h3-18H2,1-2H3,(H2,20,21,22);1H. The number of hydrogen-bond acceptors (Lipinski definition) is 4. The van der Waals surface area contributed by atoms with E-state index in [4.69, 9.17) is 9.47 Å². The lowest BCUT2D eigenvalue weighted by Gasteiger charge is -2.26. The average Bonchev–Trinajstić information content (AvgIpc) is 2.64. The Bertz CT molecular complexity index is 327. The van der Waals surface area contributed by atoms with Crippen LogP contribution in [-0.2, 0) is 9.47 Å². The summed E-state index contributed by atoms with van der Waals surface area (Å²) in [6, 6.07) is 0. The van der Waals surface area contributed by atoms with Gasteiger partial charge < -0.3 is 25.0 Å². The highest BCUT2D eigenvalue weighted by Crippen LogP contribution is 2.09. The van der Waals surface area contributed by atoms with Crippen molar-refractivity contribution < 1.29 is 9.47 Å². The SMILES string of the molecule is CCNC(=NCCCOCCOC)NCCCCCN1CCCCC1.I. The Kier molecular flexibility index (Phi) is 19.5. The Morgan fingerprint density at radius 1 is 0.962 bits per heavy atom. The molecule has 0 aromatic rings. The number of methoxy groups -OCH3 is 1. The Labute approximate surface area is 177 Å². The zero-order valence-electron chi connectivity index (χ0n) is 16.9. The van der Waals surface area contributed by atoms with E-state index in [0.29, 0.717) is 13.2 Å². The summed E-state index contributed by atoms with van der Waals surface area (Å²) in [5.74, 6) is 0.926. The summed E-state index contributed by atoms with van der Waals surface area (Å²) >= 11 is 0. The summed E-state index contributed by atoms with van der Waals surface area (Å²) in [4.78, 5) is 7.22. The van der Waals surface area contributed by atoms with Gasteiger partial charge in [-0.3, -0.25) is 4.99 Å². The predicted octanol–water partition coefficient (Wildman–Crippen LogP) is 2.87. The van der Waals surface area contributed by atoms with Gasteiger partial charge in [0.2, 0.25) is 0 Å². The molecule has 0 spiro atoms. The van der Waals surface area contributed by atoms with Gasteiger partial charge in [0.15, 0.2) is 5.96 Å². The molecule has 0 atom stereocenters. The van der Waals surface area contributed by atoms with Gasteiger partial charge in [-0.25, -0.2) is 0 Å². The molecule has 0 aromatic heterocycles. The van der Waals surface area contributed by atoms with E-state index < -0.39 is 0 Å². The number of likely N-dealkylation sites (tertiary alicyclic amines) is 1. The molecule has 0 amide bonds. The highest BCUT2D eigenvalue weighted by molar-refractivity contribution is 14.0. The van der Waals surface area contributed by atoms with Crippen LogP contribution < -0.4 is 10.6 Å². The van der Waals surface area contributed by atoms with E-state index in [-0.39, 0.29) is 24.0 Å². The molecular weight excluding hydrogens is 443 g/mol. The smallest absolute Gasteiger partial charge is 0.191 e. The van der Waals surface area contributed by atoms with Crippen LogP contribution in [0.4, 0.5) is 0 Å². The largest absolute Gasteiger partial charge is 0.382 e. The second-order valence-corrected chi connectivity index (χ2v) is 6.61. The molecule has 6 nitrogen and oxygen atoms in total. The molecule has 1 fully saturated rings. The molecule has 0 saturated carbocycles. The van der Waals surface area contributed by atoms with E-state index in [9.17, 15) is 0 Å². The third-order valence-corrected chi connectivity index (χ3v) is 4.38. The first-order valence-corrected chi connectivity index (χ1v) is 10.2. The fourth-order valence-corrected chi connectivity index (χ4v) is 2.97. The first-order chi connectivity index (χ1) is 12.4. The van der Waals surface area contributed by atoms with Crippen molar-refractivity contribution in [1.29, 1.82) is 0 Å². The van der Waals surface area contributed by atoms with Crippen LogP contribution in [0.1, 0.15) is 51.9 Å². The maximum absolute atomic E-state index is 5.45. The van der Waals surface area contributed by atoms with Crippen LogP contribution in [0.2, 0.25) is 0 Å². The van der Waals surface area contributed by atoms with Crippen molar-refractivity contribution in [3.63, 3.8) is 0 Å². The van der Waals surface area contributed by atoms with Crippen molar-refractivity contribution in [2.24, 2.45) is 4.99 Å². The minimum atomic E-state index is 0. The number of aliphatic imine (C=N–C) groups is 1. The summed E-state index contributed by atoms with van der Waals surface area (Å²) < 4.78 is 10.4. The maximum atomic E-state index is 5.45. The molecule has 7 heteroatoms. The van der Waals surface area contributed by atoms with Crippen LogP contribution in [0.5, 0.6) is 0 Å².